The molecule has 2 heteroatoms. The number of carbonyl (C=O) groups excluding carboxylic acids is 1. The zero-order valence-electron chi connectivity index (χ0n) is 19.0. The minimum atomic E-state index is 0.0169. The Morgan fingerprint density at radius 2 is 1.07 bits per heavy atom. The summed E-state index contributed by atoms with van der Waals surface area (Å²) in [5.41, 5.74) is 0. The summed E-state index contributed by atoms with van der Waals surface area (Å²) in [6.45, 7) is 7.51. The summed E-state index contributed by atoms with van der Waals surface area (Å²) in [6.07, 6.45) is 24.1. The lowest BCUT2D eigenvalue weighted by Crippen LogP contribution is -2.05. The SMILES string of the molecule is CCCCCCCCCCCOC(=O)CCCCCCCCCCC(C)C. The molecule has 0 aliphatic heterocycles. The van der Waals surface area contributed by atoms with Crippen molar-refractivity contribution < 1.29 is 9.53 Å². The minimum absolute atomic E-state index is 0.0169. The van der Waals surface area contributed by atoms with Gasteiger partial charge in [-0.2, -0.15) is 0 Å². The Morgan fingerprint density at radius 3 is 1.59 bits per heavy atom. The average Bonchev–Trinajstić information content (AvgIpc) is 2.64. The van der Waals surface area contributed by atoms with Gasteiger partial charge in [0.05, 0.1) is 6.61 Å². The van der Waals surface area contributed by atoms with Crippen molar-refractivity contribution in [2.45, 2.75) is 143 Å². The van der Waals surface area contributed by atoms with Gasteiger partial charge < -0.3 is 4.74 Å². The topological polar surface area (TPSA) is 26.3 Å². The van der Waals surface area contributed by atoms with Crippen molar-refractivity contribution in [3.05, 3.63) is 0 Å². The summed E-state index contributed by atoms with van der Waals surface area (Å²) in [6, 6.07) is 0. The number of unbranched alkanes of at least 4 members (excludes halogenated alkanes) is 15. The van der Waals surface area contributed by atoms with E-state index in [1.165, 1.54) is 103 Å². The quantitative estimate of drug-likeness (QED) is 0.147. The molecule has 0 aromatic heterocycles. The number of carbonyl (C=O) groups is 1. The fraction of sp³-hybridized carbons (Fsp3) is 0.960. The molecule has 0 bridgehead atoms. The van der Waals surface area contributed by atoms with E-state index >= 15 is 0 Å². The molecule has 0 radical (unpaired) electrons. The van der Waals surface area contributed by atoms with Gasteiger partial charge in [0.1, 0.15) is 0 Å². The van der Waals surface area contributed by atoms with Crippen molar-refractivity contribution in [1.29, 1.82) is 0 Å². The van der Waals surface area contributed by atoms with E-state index in [9.17, 15) is 4.79 Å². The maximum Gasteiger partial charge on any atom is 0.305 e. The highest BCUT2D eigenvalue weighted by molar-refractivity contribution is 5.69. The van der Waals surface area contributed by atoms with Crippen LogP contribution in [-0.4, -0.2) is 12.6 Å². The highest BCUT2D eigenvalue weighted by Gasteiger charge is 2.02. The van der Waals surface area contributed by atoms with Gasteiger partial charge in [0.25, 0.3) is 0 Å². The van der Waals surface area contributed by atoms with E-state index in [0.29, 0.717) is 13.0 Å². The Kier molecular flexibility index (Phi) is 21.3. The molecular formula is C25H50O2. The molecule has 0 rings (SSSR count). The van der Waals surface area contributed by atoms with Gasteiger partial charge in [0.15, 0.2) is 0 Å². The Balaban J connectivity index is 3.15. The second kappa shape index (κ2) is 21.8. The number of esters is 1. The van der Waals surface area contributed by atoms with E-state index in [-0.39, 0.29) is 5.97 Å². The van der Waals surface area contributed by atoms with Crippen LogP contribution in [0.5, 0.6) is 0 Å². The van der Waals surface area contributed by atoms with Crippen molar-refractivity contribution in [1.82, 2.24) is 0 Å². The van der Waals surface area contributed by atoms with Gasteiger partial charge in [-0.1, -0.05) is 124 Å². The first-order valence-electron chi connectivity index (χ1n) is 12.3. The van der Waals surface area contributed by atoms with E-state index < -0.39 is 0 Å². The Labute approximate surface area is 171 Å². The molecule has 0 saturated carbocycles. The molecule has 0 amide bonds. The zero-order valence-corrected chi connectivity index (χ0v) is 19.0. The van der Waals surface area contributed by atoms with E-state index in [0.717, 1.165) is 18.8 Å². The van der Waals surface area contributed by atoms with Crippen molar-refractivity contribution >= 4 is 5.97 Å². The smallest absolute Gasteiger partial charge is 0.305 e. The van der Waals surface area contributed by atoms with Crippen LogP contribution in [0.1, 0.15) is 143 Å². The molecule has 0 heterocycles. The molecule has 0 aliphatic carbocycles. The molecule has 162 valence electrons. The van der Waals surface area contributed by atoms with Crippen molar-refractivity contribution in [2.75, 3.05) is 6.61 Å². The van der Waals surface area contributed by atoms with Crippen LogP contribution in [0.4, 0.5) is 0 Å². The van der Waals surface area contributed by atoms with E-state index in [4.69, 9.17) is 4.74 Å². The number of hydrogen-bond donors (Lipinski definition) is 0. The molecule has 0 fully saturated rings. The van der Waals surface area contributed by atoms with Crippen LogP contribution in [-0.2, 0) is 9.53 Å². The fourth-order valence-electron chi connectivity index (χ4n) is 3.55. The van der Waals surface area contributed by atoms with Crippen molar-refractivity contribution in [2.24, 2.45) is 5.92 Å². The summed E-state index contributed by atoms with van der Waals surface area (Å²) in [4.78, 5) is 11.7. The third-order valence-corrected chi connectivity index (χ3v) is 5.42. The third kappa shape index (κ3) is 23.4. The van der Waals surface area contributed by atoms with Gasteiger partial charge in [0, 0.05) is 6.42 Å². The highest BCUT2D eigenvalue weighted by Crippen LogP contribution is 2.13. The van der Waals surface area contributed by atoms with Gasteiger partial charge >= 0.3 is 5.97 Å². The molecule has 0 aromatic carbocycles. The van der Waals surface area contributed by atoms with Crippen LogP contribution in [0.3, 0.4) is 0 Å². The van der Waals surface area contributed by atoms with Crippen LogP contribution in [0.2, 0.25) is 0 Å². The van der Waals surface area contributed by atoms with Gasteiger partial charge in [-0.05, 0) is 18.8 Å². The molecule has 0 aliphatic rings. The predicted octanol–water partition coefficient (Wildman–Crippen LogP) is 8.62. The lowest BCUT2D eigenvalue weighted by Gasteiger charge is -2.06. The molecule has 0 saturated heterocycles. The monoisotopic (exact) mass is 382 g/mol. The maximum absolute atomic E-state index is 11.7. The standard InChI is InChI=1S/C25H50O2/c1-4-5-6-7-8-11-14-17-20-23-27-25(26)22-19-16-13-10-9-12-15-18-21-24(2)3/h24H,4-23H2,1-3H3. The number of rotatable bonds is 21. The first kappa shape index (κ1) is 26.5. The highest BCUT2D eigenvalue weighted by atomic mass is 16.5. The molecule has 2 nitrogen and oxygen atoms in total. The van der Waals surface area contributed by atoms with Crippen LogP contribution in [0.15, 0.2) is 0 Å². The third-order valence-electron chi connectivity index (χ3n) is 5.42. The first-order chi connectivity index (χ1) is 13.2. The number of hydrogen-bond acceptors (Lipinski definition) is 2. The first-order valence-corrected chi connectivity index (χ1v) is 12.3. The van der Waals surface area contributed by atoms with Crippen LogP contribution < -0.4 is 0 Å². The van der Waals surface area contributed by atoms with Crippen LogP contribution in [0, 0.1) is 5.92 Å². The molecule has 0 atom stereocenters. The van der Waals surface area contributed by atoms with Gasteiger partial charge in [-0.25, -0.2) is 0 Å². The van der Waals surface area contributed by atoms with E-state index in [1.54, 1.807) is 0 Å². The lowest BCUT2D eigenvalue weighted by molar-refractivity contribution is -0.143. The zero-order chi connectivity index (χ0) is 20.0. The second-order valence-corrected chi connectivity index (χ2v) is 8.81. The van der Waals surface area contributed by atoms with E-state index in [2.05, 4.69) is 20.8 Å². The van der Waals surface area contributed by atoms with Crippen LogP contribution >= 0.6 is 0 Å². The van der Waals surface area contributed by atoms with E-state index in [1.807, 2.05) is 0 Å². The Morgan fingerprint density at radius 1 is 0.630 bits per heavy atom. The van der Waals surface area contributed by atoms with Crippen LogP contribution in [0.25, 0.3) is 0 Å². The summed E-state index contributed by atoms with van der Waals surface area (Å²) in [5, 5.41) is 0. The van der Waals surface area contributed by atoms with Gasteiger partial charge in [0.2, 0.25) is 0 Å². The molecular weight excluding hydrogens is 332 g/mol. The molecule has 27 heavy (non-hydrogen) atoms. The average molecular weight is 383 g/mol. The molecule has 0 aromatic rings. The van der Waals surface area contributed by atoms with Crippen molar-refractivity contribution in [3.8, 4) is 0 Å². The summed E-state index contributed by atoms with van der Waals surface area (Å²) >= 11 is 0. The fourth-order valence-corrected chi connectivity index (χ4v) is 3.55. The Hall–Kier alpha value is -0.530. The second-order valence-electron chi connectivity index (χ2n) is 8.81. The minimum Gasteiger partial charge on any atom is -0.466 e. The largest absolute Gasteiger partial charge is 0.466 e. The van der Waals surface area contributed by atoms with Crippen molar-refractivity contribution in [3.63, 3.8) is 0 Å². The van der Waals surface area contributed by atoms with Gasteiger partial charge in [-0.15, -0.1) is 0 Å². The predicted molar refractivity (Wildman–Crippen MR) is 119 cm³/mol. The molecule has 0 N–H and O–H groups in total. The summed E-state index contributed by atoms with van der Waals surface area (Å²) in [7, 11) is 0. The normalized spacial score (nSPS) is 11.3. The Bertz CT molecular complexity index is 299. The lowest BCUT2D eigenvalue weighted by atomic mass is 10.0. The van der Waals surface area contributed by atoms with Gasteiger partial charge in [-0.3, -0.25) is 4.79 Å². The maximum atomic E-state index is 11.7. The summed E-state index contributed by atoms with van der Waals surface area (Å²) < 4.78 is 5.35. The molecule has 0 unspecified atom stereocenters. The molecule has 0 spiro atoms. The summed E-state index contributed by atoms with van der Waals surface area (Å²) in [5.74, 6) is 0.869. The number of ether oxygens (including phenoxy) is 1.